The van der Waals surface area contributed by atoms with Crippen LogP contribution in [0.4, 0.5) is 5.69 Å². The SMILES string of the molecule is O=C(COc1ccc(C2CCCCC2)cc1)Nc1ccc(-c2nc3ccccc3[nH]2)cc1. The molecule has 4 aromatic rings. The maximum atomic E-state index is 12.3. The fourth-order valence-corrected chi connectivity index (χ4v) is 4.42. The van der Waals surface area contributed by atoms with E-state index in [9.17, 15) is 4.79 Å². The third kappa shape index (κ3) is 4.67. The molecule has 0 aliphatic heterocycles. The van der Waals surface area contributed by atoms with Crippen molar-refractivity contribution in [2.45, 2.75) is 38.0 Å². The molecule has 0 spiro atoms. The van der Waals surface area contributed by atoms with E-state index in [1.165, 1.54) is 37.7 Å². The number of imidazole rings is 1. The summed E-state index contributed by atoms with van der Waals surface area (Å²) in [5.41, 5.74) is 5.01. The van der Waals surface area contributed by atoms with E-state index in [0.717, 1.165) is 33.9 Å². The Kier molecular flexibility index (Phi) is 5.88. The van der Waals surface area contributed by atoms with Gasteiger partial charge in [-0.1, -0.05) is 43.5 Å². The topological polar surface area (TPSA) is 67.0 Å². The van der Waals surface area contributed by atoms with Crippen molar-refractivity contribution < 1.29 is 9.53 Å². The lowest BCUT2D eigenvalue weighted by Gasteiger charge is -2.22. The predicted octanol–water partition coefficient (Wildman–Crippen LogP) is 6.30. The molecule has 5 heteroatoms. The first-order chi connectivity index (χ1) is 15.7. The number of aromatic nitrogens is 2. The summed E-state index contributed by atoms with van der Waals surface area (Å²) in [5.74, 6) is 2.02. The Morgan fingerprint density at radius 3 is 2.44 bits per heavy atom. The lowest BCUT2D eigenvalue weighted by atomic mass is 9.84. The van der Waals surface area contributed by atoms with Gasteiger partial charge in [-0.3, -0.25) is 4.79 Å². The number of aromatic amines is 1. The van der Waals surface area contributed by atoms with Crippen molar-refractivity contribution in [3.63, 3.8) is 0 Å². The molecule has 1 amide bonds. The quantitative estimate of drug-likeness (QED) is 0.381. The van der Waals surface area contributed by atoms with Gasteiger partial charge in [-0.25, -0.2) is 4.98 Å². The summed E-state index contributed by atoms with van der Waals surface area (Å²) in [6, 6.07) is 23.8. The number of amides is 1. The minimum absolute atomic E-state index is 0.0197. The molecule has 0 atom stereocenters. The van der Waals surface area contributed by atoms with E-state index in [1.807, 2.05) is 60.7 Å². The zero-order chi connectivity index (χ0) is 21.8. The van der Waals surface area contributed by atoms with Crippen LogP contribution in [0.1, 0.15) is 43.6 Å². The Morgan fingerprint density at radius 2 is 1.69 bits per heavy atom. The van der Waals surface area contributed by atoms with Crippen LogP contribution in [0.25, 0.3) is 22.4 Å². The Morgan fingerprint density at radius 1 is 0.938 bits per heavy atom. The molecule has 1 aliphatic rings. The second-order valence-electron chi connectivity index (χ2n) is 8.42. The van der Waals surface area contributed by atoms with E-state index in [4.69, 9.17) is 4.74 Å². The van der Waals surface area contributed by atoms with Crippen LogP contribution in [0.5, 0.6) is 5.75 Å². The number of nitrogens with one attached hydrogen (secondary N) is 2. The number of ether oxygens (including phenoxy) is 1. The molecule has 1 aromatic heterocycles. The standard InChI is InChI=1S/C27H27N3O2/c31-26(18-32-23-16-12-20(13-17-23)19-6-2-1-3-7-19)28-22-14-10-21(11-15-22)27-29-24-8-4-5-9-25(24)30-27/h4-5,8-17,19H,1-3,6-7,18H2,(H,28,31)(H,29,30). The number of nitrogens with zero attached hydrogens (tertiary/aromatic N) is 1. The van der Waals surface area contributed by atoms with Gasteiger partial charge in [-0.05, 0) is 72.9 Å². The van der Waals surface area contributed by atoms with Crippen molar-refractivity contribution in [2.24, 2.45) is 0 Å². The molecule has 1 aliphatic carbocycles. The fourth-order valence-electron chi connectivity index (χ4n) is 4.42. The van der Waals surface area contributed by atoms with Crippen LogP contribution in [-0.2, 0) is 4.79 Å². The molecule has 5 rings (SSSR count). The molecule has 0 radical (unpaired) electrons. The summed E-state index contributed by atoms with van der Waals surface area (Å²) >= 11 is 0. The van der Waals surface area contributed by atoms with Crippen LogP contribution >= 0.6 is 0 Å². The first kappa shape index (κ1) is 20.3. The van der Waals surface area contributed by atoms with Crippen LogP contribution in [0.2, 0.25) is 0 Å². The van der Waals surface area contributed by atoms with Crippen molar-refractivity contribution in [1.82, 2.24) is 9.97 Å². The number of para-hydroxylation sites is 2. The van der Waals surface area contributed by atoms with Gasteiger partial charge >= 0.3 is 0 Å². The zero-order valence-corrected chi connectivity index (χ0v) is 18.0. The molecule has 1 saturated carbocycles. The molecular weight excluding hydrogens is 398 g/mol. The van der Waals surface area contributed by atoms with Crippen LogP contribution in [0.3, 0.4) is 0 Å². The third-order valence-electron chi connectivity index (χ3n) is 6.16. The normalized spacial score (nSPS) is 14.4. The Bertz CT molecular complexity index is 1160. The molecule has 162 valence electrons. The van der Waals surface area contributed by atoms with Crippen molar-refractivity contribution in [1.29, 1.82) is 0 Å². The fraction of sp³-hybridized carbons (Fsp3) is 0.259. The Balaban J connectivity index is 1.15. The van der Waals surface area contributed by atoms with Crippen molar-refractivity contribution in [3.05, 3.63) is 78.4 Å². The number of H-pyrrole nitrogens is 1. The number of anilines is 1. The predicted molar refractivity (Wildman–Crippen MR) is 128 cm³/mol. The Labute approximate surface area is 187 Å². The smallest absolute Gasteiger partial charge is 0.262 e. The summed E-state index contributed by atoms with van der Waals surface area (Å²) in [6.07, 6.45) is 6.55. The average Bonchev–Trinajstić information content (AvgIpc) is 3.28. The van der Waals surface area contributed by atoms with E-state index < -0.39 is 0 Å². The number of rotatable bonds is 6. The summed E-state index contributed by atoms with van der Waals surface area (Å²) in [4.78, 5) is 20.2. The summed E-state index contributed by atoms with van der Waals surface area (Å²) < 4.78 is 5.68. The molecule has 5 nitrogen and oxygen atoms in total. The second kappa shape index (κ2) is 9.27. The molecule has 0 bridgehead atoms. The maximum Gasteiger partial charge on any atom is 0.262 e. The van der Waals surface area contributed by atoms with Gasteiger partial charge in [0.15, 0.2) is 6.61 Å². The zero-order valence-electron chi connectivity index (χ0n) is 18.0. The minimum atomic E-state index is -0.183. The molecule has 3 aromatic carbocycles. The van der Waals surface area contributed by atoms with E-state index >= 15 is 0 Å². The number of carbonyl (C=O) groups excluding carboxylic acids is 1. The van der Waals surface area contributed by atoms with Gasteiger partial charge in [-0.2, -0.15) is 0 Å². The largest absolute Gasteiger partial charge is 0.484 e. The highest BCUT2D eigenvalue weighted by atomic mass is 16.5. The monoisotopic (exact) mass is 425 g/mol. The number of benzene rings is 3. The average molecular weight is 426 g/mol. The van der Waals surface area contributed by atoms with Crippen LogP contribution < -0.4 is 10.1 Å². The number of hydrogen-bond acceptors (Lipinski definition) is 3. The van der Waals surface area contributed by atoms with Gasteiger partial charge < -0.3 is 15.0 Å². The van der Waals surface area contributed by atoms with Gasteiger partial charge in [0.25, 0.3) is 5.91 Å². The van der Waals surface area contributed by atoms with Gasteiger partial charge in [0.1, 0.15) is 11.6 Å². The lowest BCUT2D eigenvalue weighted by molar-refractivity contribution is -0.118. The third-order valence-corrected chi connectivity index (χ3v) is 6.16. The summed E-state index contributed by atoms with van der Waals surface area (Å²) in [5, 5.41) is 2.89. The second-order valence-corrected chi connectivity index (χ2v) is 8.42. The van der Waals surface area contributed by atoms with Gasteiger partial charge in [0, 0.05) is 11.3 Å². The minimum Gasteiger partial charge on any atom is -0.484 e. The van der Waals surface area contributed by atoms with Gasteiger partial charge in [0.2, 0.25) is 0 Å². The lowest BCUT2D eigenvalue weighted by Crippen LogP contribution is -2.20. The van der Waals surface area contributed by atoms with Crippen LogP contribution in [-0.4, -0.2) is 22.5 Å². The molecular formula is C27H27N3O2. The molecule has 1 heterocycles. The molecule has 1 fully saturated rings. The van der Waals surface area contributed by atoms with E-state index in [1.54, 1.807) is 0 Å². The molecule has 32 heavy (non-hydrogen) atoms. The van der Waals surface area contributed by atoms with Crippen LogP contribution in [0.15, 0.2) is 72.8 Å². The van der Waals surface area contributed by atoms with Gasteiger partial charge in [-0.15, -0.1) is 0 Å². The summed E-state index contributed by atoms with van der Waals surface area (Å²) in [6.45, 7) is -0.0197. The molecule has 0 unspecified atom stereocenters. The van der Waals surface area contributed by atoms with E-state index in [-0.39, 0.29) is 12.5 Å². The summed E-state index contributed by atoms with van der Waals surface area (Å²) in [7, 11) is 0. The molecule has 2 N–H and O–H groups in total. The van der Waals surface area contributed by atoms with Crippen molar-refractivity contribution >= 4 is 22.6 Å². The highest BCUT2D eigenvalue weighted by Gasteiger charge is 2.15. The highest BCUT2D eigenvalue weighted by Crippen LogP contribution is 2.33. The number of carbonyl (C=O) groups is 1. The number of fused-ring (bicyclic) bond motifs is 1. The van der Waals surface area contributed by atoms with E-state index in [2.05, 4.69) is 27.4 Å². The van der Waals surface area contributed by atoms with Crippen LogP contribution in [0, 0.1) is 0 Å². The van der Waals surface area contributed by atoms with E-state index in [0.29, 0.717) is 5.92 Å². The van der Waals surface area contributed by atoms with Crippen molar-refractivity contribution in [2.75, 3.05) is 11.9 Å². The molecule has 0 saturated heterocycles. The first-order valence-electron chi connectivity index (χ1n) is 11.3. The first-order valence-corrected chi connectivity index (χ1v) is 11.3. The van der Waals surface area contributed by atoms with Gasteiger partial charge in [0.05, 0.1) is 11.0 Å². The highest BCUT2D eigenvalue weighted by molar-refractivity contribution is 5.92. The Hall–Kier alpha value is -3.60. The number of hydrogen-bond donors (Lipinski definition) is 2. The maximum absolute atomic E-state index is 12.3. The van der Waals surface area contributed by atoms with Crippen molar-refractivity contribution in [3.8, 4) is 17.1 Å².